The zero-order chi connectivity index (χ0) is 17.7. The second-order valence-electron chi connectivity index (χ2n) is 5.02. The second kappa shape index (κ2) is 7.61. The van der Waals surface area contributed by atoms with Gasteiger partial charge < -0.3 is 0 Å². The number of nitro benzene ring substituents is 1. The van der Waals surface area contributed by atoms with Crippen LogP contribution < -0.4 is 0 Å². The quantitative estimate of drug-likeness (QED) is 0.330. The molecule has 0 fully saturated rings. The van der Waals surface area contributed by atoms with Crippen LogP contribution in [0.25, 0.3) is 0 Å². The van der Waals surface area contributed by atoms with Gasteiger partial charge in [0, 0.05) is 23.3 Å². The first kappa shape index (κ1) is 17.5. The lowest BCUT2D eigenvalue weighted by molar-refractivity contribution is -0.384. The van der Waals surface area contributed by atoms with Crippen molar-refractivity contribution in [2.24, 2.45) is 0 Å². The van der Waals surface area contributed by atoms with Crippen LogP contribution in [0, 0.1) is 10.1 Å². The van der Waals surface area contributed by atoms with Gasteiger partial charge in [0.05, 0.1) is 22.8 Å². The summed E-state index contributed by atoms with van der Waals surface area (Å²) in [6, 6.07) is 11.3. The van der Waals surface area contributed by atoms with Crippen molar-refractivity contribution in [2.75, 3.05) is 0 Å². The highest BCUT2D eigenvalue weighted by Gasteiger charge is 2.18. The van der Waals surface area contributed by atoms with Gasteiger partial charge in [0.2, 0.25) is 0 Å². The predicted octanol–water partition coefficient (Wildman–Crippen LogP) is 3.66. The summed E-state index contributed by atoms with van der Waals surface area (Å²) in [6.45, 7) is 0. The first-order chi connectivity index (χ1) is 11.4. The van der Waals surface area contributed by atoms with Crippen LogP contribution in [0.5, 0.6) is 0 Å². The van der Waals surface area contributed by atoms with Gasteiger partial charge in [-0.1, -0.05) is 23.7 Å². The van der Waals surface area contributed by atoms with Crippen molar-refractivity contribution in [1.82, 2.24) is 0 Å². The Morgan fingerprint density at radius 1 is 0.917 bits per heavy atom. The summed E-state index contributed by atoms with van der Waals surface area (Å²) in [5.41, 5.74) is 0.265. The number of carbonyl (C=O) groups excluding carboxylic acids is 3. The molecular weight excluding hydrogens is 334 g/mol. The number of hydrogen-bond donors (Lipinski definition) is 0. The van der Waals surface area contributed by atoms with E-state index < -0.39 is 35.1 Å². The molecule has 0 saturated heterocycles. The van der Waals surface area contributed by atoms with Gasteiger partial charge in [-0.3, -0.25) is 24.5 Å². The molecule has 2 rings (SSSR count). The lowest BCUT2D eigenvalue weighted by atomic mass is 10.0. The van der Waals surface area contributed by atoms with E-state index in [1.807, 2.05) is 0 Å². The number of Topliss-reactive ketones (excluding diaryl/α,β-unsaturated/α-hetero) is 3. The summed E-state index contributed by atoms with van der Waals surface area (Å²) in [5, 5.41) is 10.8. The minimum absolute atomic E-state index is 0.147. The number of halogens is 1. The van der Waals surface area contributed by atoms with Crippen LogP contribution in [0.15, 0.2) is 48.5 Å². The summed E-state index contributed by atoms with van der Waals surface area (Å²) in [6.07, 6.45) is -0.879. The average molecular weight is 346 g/mol. The van der Waals surface area contributed by atoms with E-state index in [-0.39, 0.29) is 21.8 Å². The number of non-ortho nitro benzene ring substituents is 1. The van der Waals surface area contributed by atoms with Crippen molar-refractivity contribution < 1.29 is 19.3 Å². The molecule has 2 aromatic carbocycles. The maximum atomic E-state index is 12.0. The van der Waals surface area contributed by atoms with Crippen LogP contribution in [0.3, 0.4) is 0 Å². The number of nitrogens with zero attached hydrogens (tertiary/aromatic N) is 1. The van der Waals surface area contributed by atoms with E-state index in [0.29, 0.717) is 0 Å². The zero-order valence-electron chi connectivity index (χ0n) is 12.4. The molecule has 0 radical (unpaired) electrons. The molecule has 0 aliphatic carbocycles. The van der Waals surface area contributed by atoms with Gasteiger partial charge in [-0.15, -0.1) is 0 Å². The van der Waals surface area contributed by atoms with Crippen LogP contribution in [-0.2, 0) is 4.79 Å². The van der Waals surface area contributed by atoms with Crippen LogP contribution in [0.4, 0.5) is 5.69 Å². The predicted molar refractivity (Wildman–Crippen MR) is 87.5 cm³/mol. The molecule has 0 spiro atoms. The Morgan fingerprint density at radius 3 is 2.08 bits per heavy atom. The maximum absolute atomic E-state index is 12.0. The molecule has 122 valence electrons. The van der Waals surface area contributed by atoms with E-state index in [1.54, 1.807) is 18.2 Å². The Morgan fingerprint density at radius 2 is 1.50 bits per heavy atom. The highest BCUT2D eigenvalue weighted by molar-refractivity contribution is 6.34. The van der Waals surface area contributed by atoms with Crippen molar-refractivity contribution in [3.63, 3.8) is 0 Å². The van der Waals surface area contributed by atoms with E-state index in [4.69, 9.17) is 11.6 Å². The molecule has 2 aromatic rings. The molecule has 6 nitrogen and oxygen atoms in total. The molecule has 24 heavy (non-hydrogen) atoms. The van der Waals surface area contributed by atoms with Crippen molar-refractivity contribution in [2.45, 2.75) is 12.8 Å². The number of ketones is 3. The standard InChI is InChI=1S/C17H12ClNO5/c18-15-4-2-1-3-14(15)17(22)10-13(20)9-16(21)11-5-7-12(8-6-11)19(23)24/h1-8H,9-10H2. The summed E-state index contributed by atoms with van der Waals surface area (Å²) < 4.78 is 0. The molecule has 7 heteroatoms. The molecule has 0 aliphatic heterocycles. The first-order valence-electron chi connectivity index (χ1n) is 6.95. The molecule has 0 unspecified atom stereocenters. The number of hydrogen-bond acceptors (Lipinski definition) is 5. The average Bonchev–Trinajstić information content (AvgIpc) is 2.55. The van der Waals surface area contributed by atoms with Gasteiger partial charge in [0.15, 0.2) is 11.6 Å². The van der Waals surface area contributed by atoms with E-state index in [1.165, 1.54) is 30.3 Å². The molecule has 0 heterocycles. The van der Waals surface area contributed by atoms with E-state index in [9.17, 15) is 24.5 Å². The van der Waals surface area contributed by atoms with Gasteiger partial charge in [-0.25, -0.2) is 0 Å². The van der Waals surface area contributed by atoms with Crippen LogP contribution in [0.2, 0.25) is 5.02 Å². The molecule has 0 amide bonds. The Labute approximate surface area is 142 Å². The Hall–Kier alpha value is -2.86. The fourth-order valence-corrected chi connectivity index (χ4v) is 2.32. The zero-order valence-corrected chi connectivity index (χ0v) is 13.2. The lowest BCUT2D eigenvalue weighted by Gasteiger charge is -2.03. The van der Waals surface area contributed by atoms with Crippen molar-refractivity contribution >= 4 is 34.6 Å². The van der Waals surface area contributed by atoms with E-state index in [0.717, 1.165) is 0 Å². The highest BCUT2D eigenvalue weighted by Crippen LogP contribution is 2.18. The minimum atomic E-state index is -0.582. The monoisotopic (exact) mass is 345 g/mol. The minimum Gasteiger partial charge on any atom is -0.299 e. The molecular formula is C17H12ClNO5. The Balaban J connectivity index is 1.99. The topological polar surface area (TPSA) is 94.3 Å². The van der Waals surface area contributed by atoms with Crippen molar-refractivity contribution in [3.8, 4) is 0 Å². The molecule has 0 aromatic heterocycles. The lowest BCUT2D eigenvalue weighted by Crippen LogP contribution is -2.13. The normalized spacial score (nSPS) is 10.2. The largest absolute Gasteiger partial charge is 0.299 e. The third-order valence-electron chi connectivity index (χ3n) is 3.29. The fourth-order valence-electron chi connectivity index (χ4n) is 2.07. The Bertz CT molecular complexity index is 814. The number of rotatable bonds is 7. The van der Waals surface area contributed by atoms with E-state index >= 15 is 0 Å². The van der Waals surface area contributed by atoms with Crippen LogP contribution in [-0.4, -0.2) is 22.3 Å². The fraction of sp³-hybridized carbons (Fsp3) is 0.118. The molecule has 0 saturated carbocycles. The highest BCUT2D eigenvalue weighted by atomic mass is 35.5. The number of nitro groups is 1. The second-order valence-corrected chi connectivity index (χ2v) is 5.43. The smallest absolute Gasteiger partial charge is 0.269 e. The molecule has 0 atom stereocenters. The number of carbonyl (C=O) groups is 3. The van der Waals surface area contributed by atoms with Gasteiger partial charge in [0.1, 0.15) is 5.78 Å². The van der Waals surface area contributed by atoms with E-state index in [2.05, 4.69) is 0 Å². The van der Waals surface area contributed by atoms with Crippen molar-refractivity contribution in [3.05, 3.63) is 74.8 Å². The summed E-state index contributed by atoms with van der Waals surface area (Å²) >= 11 is 5.89. The van der Waals surface area contributed by atoms with Crippen LogP contribution >= 0.6 is 11.6 Å². The SMILES string of the molecule is O=C(CC(=O)c1ccc([N+](=O)[O-])cc1)CC(=O)c1ccccc1Cl. The first-order valence-corrected chi connectivity index (χ1v) is 7.33. The van der Waals surface area contributed by atoms with Gasteiger partial charge >= 0.3 is 0 Å². The van der Waals surface area contributed by atoms with Gasteiger partial charge in [-0.05, 0) is 24.3 Å². The van der Waals surface area contributed by atoms with Gasteiger partial charge in [-0.2, -0.15) is 0 Å². The maximum Gasteiger partial charge on any atom is 0.269 e. The summed E-state index contributed by atoms with van der Waals surface area (Å²) in [4.78, 5) is 45.9. The summed E-state index contributed by atoms with van der Waals surface area (Å²) in [7, 11) is 0. The third kappa shape index (κ3) is 4.33. The van der Waals surface area contributed by atoms with Gasteiger partial charge in [0.25, 0.3) is 5.69 Å². The Kier molecular flexibility index (Phi) is 5.55. The van der Waals surface area contributed by atoms with Crippen molar-refractivity contribution in [1.29, 1.82) is 0 Å². The molecule has 0 bridgehead atoms. The third-order valence-corrected chi connectivity index (χ3v) is 3.62. The number of benzene rings is 2. The summed E-state index contributed by atoms with van der Waals surface area (Å²) in [5.74, 6) is -1.49. The van der Waals surface area contributed by atoms with Crippen LogP contribution in [0.1, 0.15) is 33.6 Å². The molecule has 0 N–H and O–H groups in total. The molecule has 0 aliphatic rings.